The van der Waals surface area contributed by atoms with Gasteiger partial charge in [-0.2, -0.15) is 5.48 Å². The van der Waals surface area contributed by atoms with Crippen LogP contribution >= 0.6 is 7.82 Å². The number of aliphatic carboxylic acids is 1. The van der Waals surface area contributed by atoms with Gasteiger partial charge >= 0.3 is 13.8 Å². The first kappa shape index (κ1) is 21.7. The Bertz CT molecular complexity index is 228. The summed E-state index contributed by atoms with van der Waals surface area (Å²) >= 11 is 0. The molecule has 0 aliphatic heterocycles. The summed E-state index contributed by atoms with van der Waals surface area (Å²) in [5, 5.41) is 16.8. The predicted octanol–water partition coefficient (Wildman–Crippen LogP) is -1.23. The second-order valence-corrected chi connectivity index (χ2v) is 3.84. The second kappa shape index (κ2) is 11.9. The van der Waals surface area contributed by atoms with Crippen LogP contribution in [0.1, 0.15) is 19.3 Å². The molecule has 0 heterocycles. The van der Waals surface area contributed by atoms with Gasteiger partial charge in [0, 0.05) is 0 Å². The fourth-order valence-electron chi connectivity index (χ4n) is 0.736. The molecule has 1 unspecified atom stereocenters. The fraction of sp³-hybridized carbons (Fsp3) is 0.833. The smallest absolute Gasteiger partial charge is 0.466 e. The Hall–Kier alpha value is -0.610. The van der Waals surface area contributed by atoms with Gasteiger partial charge in [0.2, 0.25) is 0 Å². The summed E-state index contributed by atoms with van der Waals surface area (Å²) in [6.45, 7) is 0.553. The monoisotopic (exact) mass is 280 g/mol. The molecule has 0 radical (unpaired) electrons. The van der Waals surface area contributed by atoms with Crippen molar-refractivity contribution in [3.05, 3.63) is 0 Å². The summed E-state index contributed by atoms with van der Waals surface area (Å²) < 4.78 is 8.88. The minimum Gasteiger partial charge on any atom is -0.480 e. The number of halogens is 1. The van der Waals surface area contributed by atoms with Gasteiger partial charge < -0.3 is 30.7 Å². The van der Waals surface area contributed by atoms with Crippen molar-refractivity contribution in [2.24, 2.45) is 5.73 Å². The molecule has 106 valence electrons. The van der Waals surface area contributed by atoms with Crippen LogP contribution in [-0.4, -0.2) is 43.5 Å². The number of phosphoric acid groups is 1. The van der Waals surface area contributed by atoms with Crippen LogP contribution in [0.15, 0.2) is 0 Å². The number of nitrogens with one attached hydrogen (secondary N) is 1. The number of nitrogens with two attached hydrogens (primary N) is 1. The molecule has 0 aromatic rings. The average molecular weight is 280 g/mol. The van der Waals surface area contributed by atoms with E-state index in [0.29, 0.717) is 19.4 Å². The summed E-state index contributed by atoms with van der Waals surface area (Å²) in [6.07, 6.45) is 1.90. The lowest BCUT2D eigenvalue weighted by molar-refractivity contribution is -0.142. The van der Waals surface area contributed by atoms with Gasteiger partial charge in [-0.1, -0.05) is 0 Å². The van der Waals surface area contributed by atoms with E-state index in [0.717, 1.165) is 6.42 Å². The van der Waals surface area contributed by atoms with Crippen molar-refractivity contribution >= 4 is 13.8 Å². The van der Waals surface area contributed by atoms with E-state index in [-0.39, 0.29) is 4.70 Å². The predicted molar refractivity (Wildman–Crippen MR) is 56.0 cm³/mol. The molecule has 0 aromatic carbocycles. The molecule has 0 spiro atoms. The number of unbranched alkanes of at least 4 members (excludes halogenated alkanes) is 1. The zero-order valence-corrected chi connectivity index (χ0v) is 9.79. The number of carbonyl (C=O) groups is 1. The Morgan fingerprint density at radius 1 is 1.29 bits per heavy atom. The van der Waals surface area contributed by atoms with Crippen molar-refractivity contribution in [1.82, 2.24) is 5.48 Å². The molecule has 0 bridgehead atoms. The molecule has 0 amide bonds. The van der Waals surface area contributed by atoms with E-state index in [1.807, 2.05) is 0 Å². The third kappa shape index (κ3) is 25.6. The largest absolute Gasteiger partial charge is 0.480 e. The molecule has 0 saturated heterocycles. The van der Waals surface area contributed by atoms with Crippen molar-refractivity contribution < 1.29 is 39.1 Å². The lowest BCUT2D eigenvalue weighted by Crippen LogP contribution is -2.34. The summed E-state index contributed by atoms with van der Waals surface area (Å²) in [7, 11) is -4.64. The lowest BCUT2D eigenvalue weighted by atomic mass is 10.1. The Labute approximate surface area is 96.8 Å². The fourth-order valence-corrected chi connectivity index (χ4v) is 0.736. The summed E-state index contributed by atoms with van der Waals surface area (Å²) in [6, 6.07) is -0.860. The number of hydroxylamine groups is 1. The first-order valence-corrected chi connectivity index (χ1v) is 5.89. The summed E-state index contributed by atoms with van der Waals surface area (Å²) in [5.41, 5.74) is 6.92. The van der Waals surface area contributed by atoms with Gasteiger partial charge in [0.25, 0.3) is 0 Å². The first-order valence-electron chi connectivity index (χ1n) is 4.33. The quantitative estimate of drug-likeness (QED) is 0.178. The van der Waals surface area contributed by atoms with Crippen molar-refractivity contribution in [3.8, 4) is 0 Å². The van der Waals surface area contributed by atoms with Gasteiger partial charge in [-0.3, -0.25) is 9.50 Å². The summed E-state index contributed by atoms with van der Waals surface area (Å²) in [4.78, 5) is 31.8. The van der Waals surface area contributed by atoms with Crippen LogP contribution in [-0.2, 0) is 9.36 Å². The number of carboxylic acid groups (broad SMARTS) is 1. The lowest BCUT2D eigenvalue weighted by Gasteiger charge is -2.08. The van der Waals surface area contributed by atoms with Crippen LogP contribution in [0.3, 0.4) is 0 Å². The molecule has 0 rings (SSSR count). The maximum absolute atomic E-state index is 10.3. The molecule has 1 atom stereocenters. The number of hydrogen-bond donors (Lipinski definition) is 7. The third-order valence-electron chi connectivity index (χ3n) is 1.40. The van der Waals surface area contributed by atoms with Gasteiger partial charge in [0.1, 0.15) is 6.04 Å². The molecule has 0 fully saturated rings. The van der Waals surface area contributed by atoms with Crippen LogP contribution in [0.25, 0.3) is 0 Å². The van der Waals surface area contributed by atoms with Gasteiger partial charge in [0.05, 0.1) is 0 Å². The molecular formula is C6H18FN2O7P. The van der Waals surface area contributed by atoms with E-state index in [1.165, 1.54) is 0 Å². The first-order chi connectivity index (χ1) is 7.22. The highest BCUT2D eigenvalue weighted by atomic mass is 31.2. The van der Waals surface area contributed by atoms with Gasteiger partial charge in [-0.25, -0.2) is 4.57 Å². The minimum absolute atomic E-state index is 0. The van der Waals surface area contributed by atoms with E-state index in [1.54, 1.807) is 5.48 Å². The van der Waals surface area contributed by atoms with Gasteiger partial charge in [-0.05, 0) is 25.8 Å². The Kier molecular flexibility index (Phi) is 15.1. The highest BCUT2D eigenvalue weighted by Crippen LogP contribution is 2.25. The molecule has 17 heavy (non-hydrogen) atoms. The molecule has 0 aliphatic rings. The average Bonchev–Trinajstić information content (AvgIpc) is 2.09. The Balaban J connectivity index is -0.000000280. The number of carboxylic acids is 1. The maximum Gasteiger partial charge on any atom is 0.466 e. The van der Waals surface area contributed by atoms with E-state index < -0.39 is 19.8 Å². The van der Waals surface area contributed by atoms with Crippen LogP contribution in [0.5, 0.6) is 0 Å². The minimum atomic E-state index is -4.64. The normalized spacial score (nSPS) is 11.8. The zero-order chi connectivity index (χ0) is 13.2. The number of rotatable bonds is 6. The molecule has 0 aromatic heterocycles. The molecular weight excluding hydrogens is 262 g/mol. The molecule has 0 saturated carbocycles. The van der Waals surface area contributed by atoms with E-state index in [4.69, 9.17) is 35.3 Å². The van der Waals surface area contributed by atoms with Crippen LogP contribution in [0, 0.1) is 0 Å². The standard InChI is InChI=1S/C6H14N2O3.FH.H3O4P/c7-4-2-1-3-5(8-11)6(9)10;;1-5(2,3)4/h5,8,11H,1-4,7H2,(H,9,10);1H;(H3,1,2,3,4). The van der Waals surface area contributed by atoms with Crippen molar-refractivity contribution in [2.75, 3.05) is 6.54 Å². The van der Waals surface area contributed by atoms with Crippen molar-refractivity contribution in [3.63, 3.8) is 0 Å². The zero-order valence-electron chi connectivity index (χ0n) is 8.89. The highest BCUT2D eigenvalue weighted by molar-refractivity contribution is 7.45. The second-order valence-electron chi connectivity index (χ2n) is 2.82. The van der Waals surface area contributed by atoms with Crippen LogP contribution < -0.4 is 11.2 Å². The van der Waals surface area contributed by atoms with E-state index in [9.17, 15) is 4.79 Å². The summed E-state index contributed by atoms with van der Waals surface area (Å²) in [5.74, 6) is -1.04. The number of hydrogen-bond acceptors (Lipinski definition) is 5. The highest BCUT2D eigenvalue weighted by Gasteiger charge is 2.14. The van der Waals surface area contributed by atoms with Gasteiger partial charge in [-0.15, -0.1) is 0 Å². The molecule has 11 heteroatoms. The third-order valence-corrected chi connectivity index (χ3v) is 1.40. The molecule has 9 nitrogen and oxygen atoms in total. The van der Waals surface area contributed by atoms with Crippen molar-refractivity contribution in [1.29, 1.82) is 0 Å². The van der Waals surface area contributed by atoms with Crippen LogP contribution in [0.4, 0.5) is 4.70 Å². The van der Waals surface area contributed by atoms with Crippen molar-refractivity contribution in [2.45, 2.75) is 25.3 Å². The Morgan fingerprint density at radius 3 is 1.94 bits per heavy atom. The van der Waals surface area contributed by atoms with Crippen LogP contribution in [0.2, 0.25) is 0 Å². The van der Waals surface area contributed by atoms with Gasteiger partial charge in [0.15, 0.2) is 0 Å². The molecule has 0 aliphatic carbocycles. The Morgan fingerprint density at radius 2 is 1.71 bits per heavy atom. The SMILES string of the molecule is F.NCCCCC(NO)C(=O)O.O=P(O)(O)O. The molecule has 8 N–H and O–H groups in total. The maximum atomic E-state index is 10.3. The topological polar surface area (TPSA) is 173 Å². The van der Waals surface area contributed by atoms with E-state index >= 15 is 0 Å². The van der Waals surface area contributed by atoms with E-state index in [2.05, 4.69) is 0 Å².